The molecule has 0 aromatic carbocycles. The number of imidazole rings is 1. The number of hydrogen-bond donors (Lipinski definition) is 2. The van der Waals surface area contributed by atoms with Crippen LogP contribution in [-0.4, -0.2) is 16.6 Å². The highest BCUT2D eigenvalue weighted by Crippen LogP contribution is 2.07. The number of nitrogens with one attached hydrogen (secondary N) is 1. The Labute approximate surface area is 59.4 Å². The second-order valence-corrected chi connectivity index (χ2v) is 2.21. The van der Waals surface area contributed by atoms with Crippen molar-refractivity contribution in [1.29, 1.82) is 0 Å². The van der Waals surface area contributed by atoms with Gasteiger partial charge in [-0.2, -0.15) is 0 Å². The summed E-state index contributed by atoms with van der Waals surface area (Å²) in [7, 11) is 0. The fraction of sp³-hybridized carbons (Fsp3) is 0.500. The largest absolute Gasteiger partial charge is 0.348 e. The number of H-pyrrole nitrogens is 1. The van der Waals surface area contributed by atoms with Crippen LogP contribution in [0, 0.1) is 0 Å². The fourth-order valence-electron chi connectivity index (χ4n) is 0.770. The molecule has 0 saturated heterocycles. The van der Waals surface area contributed by atoms with Crippen molar-refractivity contribution in [3.8, 4) is 0 Å². The van der Waals surface area contributed by atoms with E-state index < -0.39 is 0 Å². The lowest BCUT2D eigenvalue weighted by atomic mass is 10.2. The maximum atomic E-state index is 4.89. The third-order valence-corrected chi connectivity index (χ3v) is 1.33. The second kappa shape index (κ2) is 3.34. The molecule has 0 bridgehead atoms. The van der Waals surface area contributed by atoms with Crippen LogP contribution in [0.4, 0.5) is 0 Å². The average Bonchev–Trinajstić information content (AvgIpc) is 2.38. The Hall–Kier alpha value is -0.870. The van der Waals surface area contributed by atoms with Crippen molar-refractivity contribution in [2.45, 2.75) is 12.8 Å². The zero-order valence-corrected chi connectivity index (χ0v) is 5.87. The van der Waals surface area contributed by atoms with Gasteiger partial charge in [0.05, 0.1) is 6.61 Å². The van der Waals surface area contributed by atoms with Gasteiger partial charge in [0.25, 0.3) is 0 Å². The van der Waals surface area contributed by atoms with Gasteiger partial charge in [0.2, 0.25) is 0 Å². The zero-order valence-electron chi connectivity index (χ0n) is 5.87. The molecule has 1 atom stereocenters. The maximum Gasteiger partial charge on any atom is 0.111 e. The lowest BCUT2D eigenvalue weighted by molar-refractivity contribution is 0.125. The van der Waals surface area contributed by atoms with E-state index in [1.165, 1.54) is 0 Å². The van der Waals surface area contributed by atoms with Crippen LogP contribution in [0.15, 0.2) is 12.4 Å². The van der Waals surface area contributed by atoms with Gasteiger partial charge in [-0.1, -0.05) is 6.92 Å². The van der Waals surface area contributed by atoms with E-state index in [-0.39, 0.29) is 5.92 Å². The Morgan fingerprint density at radius 3 is 3.20 bits per heavy atom. The Balaban J connectivity index is 2.50. The Morgan fingerprint density at radius 1 is 1.90 bits per heavy atom. The highest BCUT2D eigenvalue weighted by molar-refractivity contribution is 4.94. The highest BCUT2D eigenvalue weighted by atomic mass is 16.6. The third kappa shape index (κ3) is 1.55. The monoisotopic (exact) mass is 141 g/mol. The number of nitrogens with zero attached hydrogens (tertiary/aromatic N) is 1. The van der Waals surface area contributed by atoms with Crippen LogP contribution < -0.4 is 5.90 Å². The van der Waals surface area contributed by atoms with E-state index in [0.29, 0.717) is 6.61 Å². The van der Waals surface area contributed by atoms with Gasteiger partial charge in [0.15, 0.2) is 0 Å². The van der Waals surface area contributed by atoms with Crippen LogP contribution in [0.5, 0.6) is 0 Å². The predicted molar refractivity (Wildman–Crippen MR) is 37.1 cm³/mol. The minimum Gasteiger partial charge on any atom is -0.348 e. The van der Waals surface area contributed by atoms with Crippen molar-refractivity contribution in [1.82, 2.24) is 9.97 Å². The maximum absolute atomic E-state index is 4.89. The quantitative estimate of drug-likeness (QED) is 0.599. The first-order valence-corrected chi connectivity index (χ1v) is 3.15. The third-order valence-electron chi connectivity index (χ3n) is 1.33. The number of hydrogen-bond acceptors (Lipinski definition) is 3. The van der Waals surface area contributed by atoms with Crippen LogP contribution in [0.25, 0.3) is 0 Å². The summed E-state index contributed by atoms with van der Waals surface area (Å²) in [6.07, 6.45) is 3.49. The summed E-state index contributed by atoms with van der Waals surface area (Å²) in [6, 6.07) is 0. The minimum absolute atomic E-state index is 0.236. The van der Waals surface area contributed by atoms with Gasteiger partial charge < -0.3 is 9.82 Å². The summed E-state index contributed by atoms with van der Waals surface area (Å²) in [5.74, 6) is 6.04. The molecule has 4 heteroatoms. The number of aromatic amines is 1. The van der Waals surface area contributed by atoms with Crippen LogP contribution in [0.3, 0.4) is 0 Å². The first kappa shape index (κ1) is 7.24. The summed E-state index contributed by atoms with van der Waals surface area (Å²) in [5, 5.41) is 0. The molecule has 0 aliphatic rings. The van der Waals surface area contributed by atoms with Gasteiger partial charge in [-0.3, -0.25) is 0 Å². The van der Waals surface area contributed by atoms with E-state index in [4.69, 9.17) is 5.90 Å². The molecule has 1 aromatic heterocycles. The van der Waals surface area contributed by atoms with Crippen LogP contribution in [-0.2, 0) is 4.84 Å². The predicted octanol–water partition coefficient (Wildman–Crippen LogP) is 0.404. The molecule has 0 saturated carbocycles. The highest BCUT2D eigenvalue weighted by Gasteiger charge is 2.05. The Kier molecular flexibility index (Phi) is 2.42. The molecule has 4 nitrogen and oxygen atoms in total. The van der Waals surface area contributed by atoms with Gasteiger partial charge in [-0.15, -0.1) is 0 Å². The molecular weight excluding hydrogens is 130 g/mol. The minimum atomic E-state index is 0.236. The van der Waals surface area contributed by atoms with Gasteiger partial charge in [-0.25, -0.2) is 10.9 Å². The van der Waals surface area contributed by atoms with E-state index in [0.717, 1.165) is 5.82 Å². The summed E-state index contributed by atoms with van der Waals surface area (Å²) in [4.78, 5) is 11.5. The van der Waals surface area contributed by atoms with Crippen molar-refractivity contribution in [2.75, 3.05) is 6.61 Å². The van der Waals surface area contributed by atoms with E-state index in [1.807, 2.05) is 6.92 Å². The first-order chi connectivity index (χ1) is 4.84. The summed E-state index contributed by atoms with van der Waals surface area (Å²) in [6.45, 7) is 2.49. The van der Waals surface area contributed by atoms with Crippen molar-refractivity contribution in [2.24, 2.45) is 5.90 Å². The molecule has 0 aliphatic heterocycles. The van der Waals surface area contributed by atoms with Crippen LogP contribution in [0.2, 0.25) is 0 Å². The molecule has 0 fully saturated rings. The lowest BCUT2D eigenvalue weighted by Crippen LogP contribution is -2.09. The van der Waals surface area contributed by atoms with Gasteiger partial charge >= 0.3 is 0 Å². The molecule has 3 N–H and O–H groups in total. The number of rotatable bonds is 3. The zero-order chi connectivity index (χ0) is 7.40. The molecule has 0 radical (unpaired) electrons. The molecule has 0 aliphatic carbocycles. The Bertz CT molecular complexity index is 173. The SMILES string of the molecule is CC(CON)c1ncc[nH]1. The molecule has 0 spiro atoms. The normalized spacial score (nSPS) is 13.4. The fourth-order valence-corrected chi connectivity index (χ4v) is 0.770. The molecule has 0 amide bonds. The van der Waals surface area contributed by atoms with Gasteiger partial charge in [0.1, 0.15) is 5.82 Å². The number of aromatic nitrogens is 2. The van der Waals surface area contributed by atoms with Gasteiger partial charge in [-0.05, 0) is 0 Å². The van der Waals surface area contributed by atoms with E-state index in [2.05, 4.69) is 14.8 Å². The van der Waals surface area contributed by atoms with Crippen LogP contribution in [0.1, 0.15) is 18.7 Å². The van der Waals surface area contributed by atoms with E-state index in [9.17, 15) is 0 Å². The van der Waals surface area contributed by atoms with Crippen molar-refractivity contribution in [3.63, 3.8) is 0 Å². The van der Waals surface area contributed by atoms with Crippen LogP contribution >= 0.6 is 0 Å². The molecular formula is C6H11N3O. The van der Waals surface area contributed by atoms with E-state index >= 15 is 0 Å². The van der Waals surface area contributed by atoms with Crippen molar-refractivity contribution in [3.05, 3.63) is 18.2 Å². The Morgan fingerprint density at radius 2 is 2.70 bits per heavy atom. The smallest absolute Gasteiger partial charge is 0.111 e. The first-order valence-electron chi connectivity index (χ1n) is 3.15. The molecule has 1 aromatic rings. The molecule has 1 heterocycles. The standard InChI is InChI=1S/C6H11N3O/c1-5(4-10-7)6-8-2-3-9-6/h2-3,5H,4,7H2,1H3,(H,8,9). The summed E-state index contributed by atoms with van der Waals surface area (Å²) >= 11 is 0. The van der Waals surface area contributed by atoms with Gasteiger partial charge in [0, 0.05) is 18.3 Å². The molecule has 1 unspecified atom stereocenters. The summed E-state index contributed by atoms with van der Waals surface area (Å²) in [5.41, 5.74) is 0. The molecule has 56 valence electrons. The van der Waals surface area contributed by atoms with Crippen molar-refractivity contribution >= 4 is 0 Å². The number of nitrogens with two attached hydrogens (primary N) is 1. The van der Waals surface area contributed by atoms with Crippen molar-refractivity contribution < 1.29 is 4.84 Å². The second-order valence-electron chi connectivity index (χ2n) is 2.21. The topological polar surface area (TPSA) is 63.9 Å². The average molecular weight is 141 g/mol. The summed E-state index contributed by atoms with van der Waals surface area (Å²) < 4.78 is 0. The lowest BCUT2D eigenvalue weighted by Gasteiger charge is -2.04. The van der Waals surface area contributed by atoms with E-state index in [1.54, 1.807) is 12.4 Å². The molecule has 10 heavy (non-hydrogen) atoms. The molecule has 1 rings (SSSR count).